The summed E-state index contributed by atoms with van der Waals surface area (Å²) in [6, 6.07) is 1.57. The van der Waals surface area contributed by atoms with E-state index in [1.54, 1.807) is 10.7 Å². The molecule has 3 aliphatic rings. The molecule has 1 saturated carbocycles. The smallest absolute Gasteiger partial charge is 0.272 e. The monoisotopic (exact) mass is 357 g/mol. The number of rotatable bonds is 6. The van der Waals surface area contributed by atoms with Crippen LogP contribution in [0.25, 0.3) is 0 Å². The van der Waals surface area contributed by atoms with Gasteiger partial charge in [0.25, 0.3) is 5.91 Å². The van der Waals surface area contributed by atoms with Gasteiger partial charge in [-0.05, 0) is 18.4 Å². The summed E-state index contributed by atoms with van der Waals surface area (Å²) in [6.07, 6.45) is 3.85. The Hall–Kier alpha value is -2.48. The van der Waals surface area contributed by atoms with Gasteiger partial charge >= 0.3 is 0 Å². The van der Waals surface area contributed by atoms with E-state index in [-0.39, 0.29) is 35.9 Å². The summed E-state index contributed by atoms with van der Waals surface area (Å²) in [7, 11) is 0. The number of amides is 1. The average Bonchev–Trinajstić information content (AvgIpc) is 3.19. The lowest BCUT2D eigenvalue weighted by Crippen LogP contribution is -2.35. The van der Waals surface area contributed by atoms with Gasteiger partial charge in [-0.25, -0.2) is 4.68 Å². The van der Waals surface area contributed by atoms with Crippen LogP contribution < -0.4 is 16.0 Å². The zero-order valence-corrected chi connectivity index (χ0v) is 14.9. The first-order chi connectivity index (χ1) is 12.5. The van der Waals surface area contributed by atoms with E-state index in [4.69, 9.17) is 0 Å². The molecule has 0 saturated heterocycles. The van der Waals surface area contributed by atoms with E-state index in [1.165, 1.54) is 0 Å². The van der Waals surface area contributed by atoms with Crippen molar-refractivity contribution in [3.05, 3.63) is 23.0 Å². The zero-order valence-electron chi connectivity index (χ0n) is 14.9. The summed E-state index contributed by atoms with van der Waals surface area (Å²) in [4.78, 5) is 35.2. The number of carbonyl (C=O) groups excluding carboxylic acids is 3. The van der Waals surface area contributed by atoms with Crippen LogP contribution in [0.1, 0.15) is 43.2 Å². The third-order valence-electron chi connectivity index (χ3n) is 5.39. The van der Waals surface area contributed by atoms with E-state index in [2.05, 4.69) is 21.0 Å². The van der Waals surface area contributed by atoms with Gasteiger partial charge in [0, 0.05) is 36.2 Å². The Bertz CT molecular complexity index is 795. The number of nitrogens with one attached hydrogen (secondary N) is 3. The highest BCUT2D eigenvalue weighted by atomic mass is 16.2. The Morgan fingerprint density at radius 3 is 2.69 bits per heavy atom. The van der Waals surface area contributed by atoms with Gasteiger partial charge in [0.15, 0.2) is 5.69 Å². The summed E-state index contributed by atoms with van der Waals surface area (Å²) in [5, 5.41) is 14.1. The summed E-state index contributed by atoms with van der Waals surface area (Å²) >= 11 is 0. The van der Waals surface area contributed by atoms with E-state index in [9.17, 15) is 14.4 Å². The molecule has 26 heavy (non-hydrogen) atoms. The van der Waals surface area contributed by atoms with Crippen molar-refractivity contribution in [2.75, 3.05) is 11.9 Å². The fourth-order valence-corrected chi connectivity index (χ4v) is 3.76. The Balaban J connectivity index is 1.70. The van der Waals surface area contributed by atoms with Crippen LogP contribution in [-0.4, -0.2) is 46.9 Å². The molecule has 8 heteroatoms. The second-order valence-corrected chi connectivity index (χ2v) is 7.46. The summed E-state index contributed by atoms with van der Waals surface area (Å²) < 4.78 is 1.73. The molecule has 8 nitrogen and oxygen atoms in total. The molecule has 4 rings (SSSR count). The van der Waals surface area contributed by atoms with Gasteiger partial charge in [0.2, 0.25) is 0 Å². The summed E-state index contributed by atoms with van der Waals surface area (Å²) in [5.74, 6) is -0.0125. The van der Waals surface area contributed by atoms with E-state index >= 15 is 0 Å². The first kappa shape index (κ1) is 17.0. The number of anilines is 1. The van der Waals surface area contributed by atoms with Crippen molar-refractivity contribution < 1.29 is 14.4 Å². The maximum atomic E-state index is 12.4. The second-order valence-electron chi connectivity index (χ2n) is 7.46. The van der Waals surface area contributed by atoms with Crippen molar-refractivity contribution in [3.8, 4) is 0 Å². The quantitative estimate of drug-likeness (QED) is 0.645. The van der Waals surface area contributed by atoms with Gasteiger partial charge in [-0.1, -0.05) is 13.8 Å². The van der Waals surface area contributed by atoms with Gasteiger partial charge in [-0.15, -0.1) is 0 Å². The van der Waals surface area contributed by atoms with Gasteiger partial charge in [0.1, 0.15) is 18.4 Å². The first-order valence-corrected chi connectivity index (χ1v) is 9.07. The highest BCUT2D eigenvalue weighted by Gasteiger charge is 2.40. The summed E-state index contributed by atoms with van der Waals surface area (Å²) in [6.45, 7) is 4.29. The first-order valence-electron chi connectivity index (χ1n) is 9.07. The highest BCUT2D eigenvalue weighted by molar-refractivity contribution is 5.93. The SMILES string of the molecule is CC(C=O)C1NCC2=C1Nc1cc(C(=O)NC3CC3)nn1C2C(C)C=O. The maximum Gasteiger partial charge on any atom is 0.272 e. The molecule has 0 bridgehead atoms. The largest absolute Gasteiger partial charge is 0.348 e. The predicted molar refractivity (Wildman–Crippen MR) is 94.6 cm³/mol. The minimum atomic E-state index is -0.299. The Labute approximate surface area is 151 Å². The minimum Gasteiger partial charge on any atom is -0.348 e. The van der Waals surface area contributed by atoms with E-state index in [1.807, 2.05) is 13.8 Å². The van der Waals surface area contributed by atoms with Gasteiger partial charge in [-0.3, -0.25) is 4.79 Å². The van der Waals surface area contributed by atoms with E-state index < -0.39 is 0 Å². The van der Waals surface area contributed by atoms with Crippen molar-refractivity contribution in [2.45, 2.75) is 44.8 Å². The van der Waals surface area contributed by atoms with Crippen LogP contribution in [-0.2, 0) is 9.59 Å². The Kier molecular flexibility index (Phi) is 4.14. The third-order valence-corrected chi connectivity index (χ3v) is 5.39. The van der Waals surface area contributed by atoms with Crippen molar-refractivity contribution in [1.29, 1.82) is 0 Å². The lowest BCUT2D eigenvalue weighted by molar-refractivity contribution is -0.112. The number of nitrogens with zero attached hydrogens (tertiary/aromatic N) is 2. The van der Waals surface area contributed by atoms with Crippen molar-refractivity contribution in [3.63, 3.8) is 0 Å². The molecular weight excluding hydrogens is 334 g/mol. The van der Waals surface area contributed by atoms with Crippen LogP contribution in [0.2, 0.25) is 0 Å². The fraction of sp³-hybridized carbons (Fsp3) is 0.556. The van der Waals surface area contributed by atoms with Gasteiger partial charge in [-0.2, -0.15) is 5.10 Å². The lowest BCUT2D eigenvalue weighted by Gasteiger charge is -2.31. The summed E-state index contributed by atoms with van der Waals surface area (Å²) in [5.41, 5.74) is 2.29. The number of fused-ring (bicyclic) bond motifs is 1. The third kappa shape index (κ3) is 2.74. The molecule has 0 radical (unpaired) electrons. The molecule has 138 valence electrons. The molecule has 1 aliphatic carbocycles. The number of aldehydes is 2. The Morgan fingerprint density at radius 1 is 1.31 bits per heavy atom. The number of aromatic nitrogens is 2. The molecular formula is C18H23N5O3. The molecule has 1 amide bonds. The van der Waals surface area contributed by atoms with Crippen LogP contribution in [0.4, 0.5) is 5.82 Å². The molecule has 2 aliphatic heterocycles. The fourth-order valence-electron chi connectivity index (χ4n) is 3.76. The van der Waals surface area contributed by atoms with Crippen molar-refractivity contribution >= 4 is 24.3 Å². The number of hydrogen-bond acceptors (Lipinski definition) is 6. The van der Waals surface area contributed by atoms with Crippen molar-refractivity contribution in [1.82, 2.24) is 20.4 Å². The molecule has 1 aromatic rings. The topological polar surface area (TPSA) is 105 Å². The number of hydrogen-bond donors (Lipinski definition) is 3. The van der Waals surface area contributed by atoms with Crippen molar-refractivity contribution in [2.24, 2.45) is 11.8 Å². The Morgan fingerprint density at radius 2 is 2.04 bits per heavy atom. The van der Waals surface area contributed by atoms with Gasteiger partial charge < -0.3 is 25.5 Å². The van der Waals surface area contributed by atoms with Crippen LogP contribution >= 0.6 is 0 Å². The highest BCUT2D eigenvalue weighted by Crippen LogP contribution is 2.39. The minimum absolute atomic E-state index is 0.128. The lowest BCUT2D eigenvalue weighted by atomic mass is 9.91. The average molecular weight is 357 g/mol. The number of carbonyl (C=O) groups is 3. The van der Waals surface area contributed by atoms with Gasteiger partial charge in [0.05, 0.1) is 12.1 Å². The van der Waals surface area contributed by atoms with Crippen LogP contribution in [0, 0.1) is 11.8 Å². The van der Waals surface area contributed by atoms with Crippen LogP contribution in [0.15, 0.2) is 17.3 Å². The molecule has 4 unspecified atom stereocenters. The van der Waals surface area contributed by atoms with Crippen LogP contribution in [0.3, 0.4) is 0 Å². The molecule has 0 spiro atoms. The van der Waals surface area contributed by atoms with E-state index in [0.717, 1.165) is 36.7 Å². The zero-order chi connectivity index (χ0) is 18.4. The van der Waals surface area contributed by atoms with E-state index in [0.29, 0.717) is 18.1 Å². The molecule has 1 aromatic heterocycles. The predicted octanol–water partition coefficient (Wildman–Crippen LogP) is 0.638. The molecule has 4 atom stereocenters. The molecule has 3 N–H and O–H groups in total. The normalized spacial score (nSPS) is 26.4. The standard InChI is InChI=1S/C18H23N5O3/c1-9(7-24)15-16-12(6-19-15)17(10(2)8-25)23-14(21-16)5-13(22-23)18(26)20-11-3-4-11/h5,7-11,15,17,19,21H,3-4,6H2,1-2H3,(H,20,26). The maximum absolute atomic E-state index is 12.4. The second kappa shape index (κ2) is 6.35. The molecule has 1 fully saturated rings. The molecule has 0 aromatic carbocycles. The molecule has 3 heterocycles. The van der Waals surface area contributed by atoms with Crippen LogP contribution in [0.5, 0.6) is 0 Å².